The van der Waals surface area contributed by atoms with Crippen molar-refractivity contribution in [3.63, 3.8) is 0 Å². The van der Waals surface area contributed by atoms with Crippen molar-refractivity contribution in [1.29, 1.82) is 0 Å². The summed E-state index contributed by atoms with van der Waals surface area (Å²) in [6.07, 6.45) is 1.06. The normalized spacial score (nSPS) is 10.2. The molecule has 2 aromatic rings. The fourth-order valence-corrected chi connectivity index (χ4v) is 1.80. The molecule has 0 unspecified atom stereocenters. The van der Waals surface area contributed by atoms with Crippen LogP contribution < -0.4 is 10.6 Å². The Hall–Kier alpha value is -1.96. The topological polar surface area (TPSA) is 29.3 Å². The van der Waals surface area contributed by atoms with Gasteiger partial charge < -0.3 is 10.6 Å². The molecule has 0 aliphatic rings. The highest BCUT2D eigenvalue weighted by Crippen LogP contribution is 2.15. The van der Waals surface area contributed by atoms with Gasteiger partial charge in [0.25, 0.3) is 0 Å². The van der Waals surface area contributed by atoms with Gasteiger partial charge in [-0.1, -0.05) is 30.3 Å². The second-order valence-electron chi connectivity index (χ2n) is 4.25. The lowest BCUT2D eigenvalue weighted by Crippen LogP contribution is -2.20. The fourth-order valence-electron chi connectivity index (χ4n) is 1.80. The molecule has 0 aliphatic carbocycles. The van der Waals surface area contributed by atoms with Gasteiger partial charge in [0.05, 0.1) is 0 Å². The van der Waals surface area contributed by atoms with Gasteiger partial charge in [-0.25, -0.2) is 0 Å². The molecule has 0 saturated heterocycles. The quantitative estimate of drug-likeness (QED) is 0.812. The summed E-state index contributed by atoms with van der Waals surface area (Å²) in [7, 11) is 2.11. The Balaban J connectivity index is 1.93. The largest absolute Gasteiger partial charge is 0.399 e. The van der Waals surface area contributed by atoms with Crippen LogP contribution in [0.2, 0.25) is 0 Å². The van der Waals surface area contributed by atoms with Crippen LogP contribution in [0.3, 0.4) is 0 Å². The number of anilines is 2. The third-order valence-electron chi connectivity index (χ3n) is 2.91. The van der Waals surface area contributed by atoms with E-state index in [9.17, 15) is 0 Å². The summed E-state index contributed by atoms with van der Waals surface area (Å²) in [5, 5.41) is 0. The molecule has 2 N–H and O–H groups in total. The van der Waals surface area contributed by atoms with Crippen LogP contribution in [-0.4, -0.2) is 13.6 Å². The van der Waals surface area contributed by atoms with Crippen molar-refractivity contribution in [3.8, 4) is 0 Å². The van der Waals surface area contributed by atoms with Gasteiger partial charge in [-0.05, 0) is 36.2 Å². The smallest absolute Gasteiger partial charge is 0.0365 e. The van der Waals surface area contributed by atoms with E-state index in [1.807, 2.05) is 18.2 Å². The van der Waals surface area contributed by atoms with E-state index in [4.69, 9.17) is 5.73 Å². The number of nitrogen functional groups attached to an aromatic ring is 1. The van der Waals surface area contributed by atoms with Crippen LogP contribution in [0.15, 0.2) is 54.6 Å². The van der Waals surface area contributed by atoms with Crippen LogP contribution in [0.4, 0.5) is 11.4 Å². The molecule has 88 valence electrons. The summed E-state index contributed by atoms with van der Waals surface area (Å²) in [6.45, 7) is 1.01. The predicted molar refractivity (Wildman–Crippen MR) is 74.3 cm³/mol. The first-order chi connectivity index (χ1) is 8.25. The number of hydrogen-bond acceptors (Lipinski definition) is 2. The van der Waals surface area contributed by atoms with E-state index < -0.39 is 0 Å². The van der Waals surface area contributed by atoms with Crippen LogP contribution in [0, 0.1) is 0 Å². The van der Waals surface area contributed by atoms with E-state index in [0.717, 1.165) is 18.7 Å². The van der Waals surface area contributed by atoms with Crippen LogP contribution in [0.1, 0.15) is 5.56 Å². The third kappa shape index (κ3) is 3.25. The lowest BCUT2D eigenvalue weighted by molar-refractivity contribution is 0.877. The van der Waals surface area contributed by atoms with Crippen LogP contribution in [0.25, 0.3) is 0 Å². The van der Waals surface area contributed by atoms with E-state index in [1.165, 1.54) is 11.3 Å². The Morgan fingerprint density at radius 1 is 0.941 bits per heavy atom. The van der Waals surface area contributed by atoms with Crippen molar-refractivity contribution in [2.24, 2.45) is 0 Å². The van der Waals surface area contributed by atoms with E-state index in [0.29, 0.717) is 0 Å². The maximum absolute atomic E-state index is 5.67. The molecule has 17 heavy (non-hydrogen) atoms. The molecule has 0 spiro atoms. The highest BCUT2D eigenvalue weighted by atomic mass is 15.1. The van der Waals surface area contributed by atoms with Gasteiger partial charge >= 0.3 is 0 Å². The van der Waals surface area contributed by atoms with Crippen molar-refractivity contribution >= 4 is 11.4 Å². The summed E-state index contributed by atoms with van der Waals surface area (Å²) < 4.78 is 0. The zero-order valence-electron chi connectivity index (χ0n) is 10.1. The maximum atomic E-state index is 5.67. The van der Waals surface area contributed by atoms with Gasteiger partial charge in [-0.15, -0.1) is 0 Å². The predicted octanol–water partition coefficient (Wildman–Crippen LogP) is 2.95. The van der Waals surface area contributed by atoms with Crippen molar-refractivity contribution in [3.05, 3.63) is 60.2 Å². The van der Waals surface area contributed by atoms with Crippen LogP contribution in [0.5, 0.6) is 0 Å². The van der Waals surface area contributed by atoms with Crippen molar-refractivity contribution in [2.75, 3.05) is 24.2 Å². The molecule has 0 aromatic heterocycles. The molecule has 0 atom stereocenters. The first kappa shape index (κ1) is 11.5. The van der Waals surface area contributed by atoms with E-state index in [2.05, 4.69) is 48.3 Å². The molecule has 0 aliphatic heterocycles. The Kier molecular flexibility index (Phi) is 3.66. The third-order valence-corrected chi connectivity index (χ3v) is 2.91. The van der Waals surface area contributed by atoms with Crippen molar-refractivity contribution < 1.29 is 0 Å². The zero-order chi connectivity index (χ0) is 12.1. The monoisotopic (exact) mass is 226 g/mol. The minimum Gasteiger partial charge on any atom is -0.399 e. The van der Waals surface area contributed by atoms with E-state index in [1.54, 1.807) is 0 Å². The second-order valence-corrected chi connectivity index (χ2v) is 4.25. The number of nitrogens with two attached hydrogens (primary N) is 1. The van der Waals surface area contributed by atoms with Gasteiger partial charge in [0.1, 0.15) is 0 Å². The number of rotatable bonds is 4. The summed E-state index contributed by atoms with van der Waals surface area (Å²) in [6, 6.07) is 18.5. The van der Waals surface area contributed by atoms with Crippen molar-refractivity contribution in [1.82, 2.24) is 0 Å². The lowest BCUT2D eigenvalue weighted by atomic mass is 10.1. The average molecular weight is 226 g/mol. The standard InChI is InChI=1S/C15H18N2/c1-17(15-9-7-14(16)8-10-15)12-11-13-5-3-2-4-6-13/h2-10H,11-12,16H2,1H3. The molecule has 2 heteroatoms. The molecule has 0 saturated carbocycles. The molecule has 2 rings (SSSR count). The van der Waals surface area contributed by atoms with Crippen LogP contribution in [-0.2, 0) is 6.42 Å². The van der Waals surface area contributed by atoms with Gasteiger partial charge in [-0.3, -0.25) is 0 Å². The summed E-state index contributed by atoms with van der Waals surface area (Å²) in [4.78, 5) is 2.24. The molecule has 0 fully saturated rings. The molecular weight excluding hydrogens is 208 g/mol. The van der Waals surface area contributed by atoms with Gasteiger partial charge in [0, 0.05) is 25.0 Å². The van der Waals surface area contributed by atoms with Gasteiger partial charge in [-0.2, -0.15) is 0 Å². The molecule has 0 amide bonds. The van der Waals surface area contributed by atoms with E-state index in [-0.39, 0.29) is 0 Å². The molecular formula is C15H18N2. The zero-order valence-corrected chi connectivity index (χ0v) is 10.1. The molecule has 2 nitrogen and oxygen atoms in total. The average Bonchev–Trinajstić information content (AvgIpc) is 2.38. The first-order valence-corrected chi connectivity index (χ1v) is 5.86. The van der Waals surface area contributed by atoms with Crippen molar-refractivity contribution in [2.45, 2.75) is 6.42 Å². The van der Waals surface area contributed by atoms with E-state index >= 15 is 0 Å². The lowest BCUT2D eigenvalue weighted by Gasteiger charge is -2.19. The second kappa shape index (κ2) is 5.39. The fraction of sp³-hybridized carbons (Fsp3) is 0.200. The van der Waals surface area contributed by atoms with Gasteiger partial charge in [0.2, 0.25) is 0 Å². The molecule has 0 bridgehead atoms. The Morgan fingerprint density at radius 3 is 2.24 bits per heavy atom. The minimum atomic E-state index is 0.810. The highest BCUT2D eigenvalue weighted by molar-refractivity contribution is 5.52. The van der Waals surface area contributed by atoms with Crippen LogP contribution >= 0.6 is 0 Å². The Bertz CT molecular complexity index is 448. The molecule has 0 radical (unpaired) electrons. The minimum absolute atomic E-state index is 0.810. The summed E-state index contributed by atoms with van der Waals surface area (Å²) >= 11 is 0. The SMILES string of the molecule is CN(CCc1ccccc1)c1ccc(N)cc1. The highest BCUT2D eigenvalue weighted by Gasteiger charge is 2.00. The molecule has 2 aromatic carbocycles. The number of nitrogens with zero attached hydrogens (tertiary/aromatic N) is 1. The maximum Gasteiger partial charge on any atom is 0.0365 e. The Morgan fingerprint density at radius 2 is 1.59 bits per heavy atom. The Labute approximate surface area is 103 Å². The summed E-state index contributed by atoms with van der Waals surface area (Å²) in [5.74, 6) is 0. The number of benzene rings is 2. The molecule has 0 heterocycles. The number of hydrogen-bond donors (Lipinski definition) is 1. The van der Waals surface area contributed by atoms with Gasteiger partial charge in [0.15, 0.2) is 0 Å². The number of likely N-dealkylation sites (N-methyl/N-ethyl adjacent to an activating group) is 1. The summed E-state index contributed by atoms with van der Waals surface area (Å²) in [5.41, 5.74) is 9.06. The first-order valence-electron chi connectivity index (χ1n) is 5.86.